The average Bonchev–Trinajstić information content (AvgIpc) is 3.32. The van der Waals surface area contributed by atoms with Gasteiger partial charge in [0.05, 0.1) is 5.56 Å². The largest absolute Gasteiger partial charge is 0.454 e. The number of carbonyl (C=O) groups is 1. The van der Waals surface area contributed by atoms with Crippen LogP contribution in [0.1, 0.15) is 40.8 Å². The van der Waals surface area contributed by atoms with Crippen LogP contribution in [0.4, 0.5) is 13.2 Å². The maximum atomic E-state index is 12.9. The molecule has 1 unspecified atom stereocenters. The van der Waals surface area contributed by atoms with Crippen LogP contribution in [0.2, 0.25) is 0 Å². The Morgan fingerprint density at radius 2 is 1.65 bits per heavy atom. The van der Waals surface area contributed by atoms with Crippen LogP contribution in [0.25, 0.3) is 0 Å². The van der Waals surface area contributed by atoms with Crippen molar-refractivity contribution in [1.82, 2.24) is 10.6 Å². The molecule has 5 nitrogen and oxygen atoms in total. The van der Waals surface area contributed by atoms with E-state index in [4.69, 9.17) is 9.47 Å². The third-order valence-electron chi connectivity index (χ3n) is 5.81. The van der Waals surface area contributed by atoms with E-state index in [-0.39, 0.29) is 18.7 Å². The van der Waals surface area contributed by atoms with Crippen LogP contribution in [-0.4, -0.2) is 19.7 Å². The third kappa shape index (κ3) is 5.51. The second kappa shape index (κ2) is 10.2. The SMILES string of the molecule is CNC(=O)C(N[C@@H](CCc1ccc(C(F)(F)F)cc1)c1ccc2c(c1)OCO2)c1ccccc1. The van der Waals surface area contributed by atoms with Crippen LogP contribution in [0, 0.1) is 0 Å². The molecule has 0 bridgehead atoms. The molecule has 1 aliphatic rings. The number of aryl methyl sites for hydroxylation is 1. The van der Waals surface area contributed by atoms with Gasteiger partial charge in [0.15, 0.2) is 11.5 Å². The molecule has 8 heteroatoms. The van der Waals surface area contributed by atoms with E-state index in [1.807, 2.05) is 48.5 Å². The number of nitrogens with one attached hydrogen (secondary N) is 2. The minimum absolute atomic E-state index is 0.146. The number of benzene rings is 3. The summed E-state index contributed by atoms with van der Waals surface area (Å²) < 4.78 is 49.7. The molecule has 1 aliphatic heterocycles. The van der Waals surface area contributed by atoms with Gasteiger partial charge >= 0.3 is 6.18 Å². The summed E-state index contributed by atoms with van der Waals surface area (Å²) in [7, 11) is 1.58. The monoisotopic (exact) mass is 470 g/mol. The Bertz CT molecular complexity index is 1120. The fourth-order valence-electron chi connectivity index (χ4n) is 3.96. The third-order valence-corrected chi connectivity index (χ3v) is 5.81. The van der Waals surface area contributed by atoms with Gasteiger partial charge in [-0.05, 0) is 53.8 Å². The lowest BCUT2D eigenvalue weighted by Gasteiger charge is -2.26. The van der Waals surface area contributed by atoms with Crippen molar-refractivity contribution in [2.75, 3.05) is 13.8 Å². The van der Waals surface area contributed by atoms with Crippen molar-refractivity contribution in [2.45, 2.75) is 31.1 Å². The minimum Gasteiger partial charge on any atom is -0.454 e. The summed E-state index contributed by atoms with van der Waals surface area (Å²) in [4.78, 5) is 12.7. The minimum atomic E-state index is -4.37. The summed E-state index contributed by atoms with van der Waals surface area (Å²) in [5, 5.41) is 6.15. The molecular formula is C26H25F3N2O3. The maximum Gasteiger partial charge on any atom is 0.416 e. The highest BCUT2D eigenvalue weighted by Gasteiger charge is 2.30. The number of carbonyl (C=O) groups excluding carboxylic acids is 1. The van der Waals surface area contributed by atoms with Crippen molar-refractivity contribution in [1.29, 1.82) is 0 Å². The summed E-state index contributed by atoms with van der Waals surface area (Å²) >= 11 is 0. The van der Waals surface area contributed by atoms with E-state index >= 15 is 0 Å². The lowest BCUT2D eigenvalue weighted by Crippen LogP contribution is -2.38. The van der Waals surface area contributed by atoms with Gasteiger partial charge in [0.25, 0.3) is 0 Å². The molecule has 1 amide bonds. The van der Waals surface area contributed by atoms with Crippen molar-refractivity contribution >= 4 is 5.91 Å². The summed E-state index contributed by atoms with van der Waals surface area (Å²) in [5.74, 6) is 1.08. The van der Waals surface area contributed by atoms with Gasteiger partial charge in [-0.15, -0.1) is 0 Å². The standard InChI is InChI=1S/C26H25F3N2O3/c1-30-25(32)24(18-5-3-2-4-6-18)31-21(19-10-14-22-23(15-19)34-16-33-22)13-9-17-7-11-20(12-8-17)26(27,28)29/h2-8,10-12,14-15,21,24,31H,9,13,16H2,1H3,(H,30,32)/t21-,24?/m0/s1. The van der Waals surface area contributed by atoms with E-state index in [1.165, 1.54) is 12.1 Å². The topological polar surface area (TPSA) is 59.6 Å². The zero-order valence-electron chi connectivity index (χ0n) is 18.6. The first kappa shape index (κ1) is 23.6. The van der Waals surface area contributed by atoms with Gasteiger partial charge in [0.2, 0.25) is 12.7 Å². The number of rotatable bonds is 8. The van der Waals surface area contributed by atoms with Gasteiger partial charge in [-0.3, -0.25) is 10.1 Å². The molecule has 2 N–H and O–H groups in total. The summed E-state index contributed by atoms with van der Waals surface area (Å²) in [6.45, 7) is 0.146. The predicted molar refractivity (Wildman–Crippen MR) is 121 cm³/mol. The zero-order valence-corrected chi connectivity index (χ0v) is 18.6. The summed E-state index contributed by atoms with van der Waals surface area (Å²) in [5.41, 5.74) is 1.80. The number of likely N-dealkylation sites (N-methyl/N-ethyl adjacent to an activating group) is 1. The molecule has 0 spiro atoms. The molecule has 2 atom stereocenters. The molecular weight excluding hydrogens is 445 g/mol. The molecule has 1 heterocycles. The fourth-order valence-corrected chi connectivity index (χ4v) is 3.96. The van der Waals surface area contributed by atoms with E-state index in [0.717, 1.165) is 28.8 Å². The van der Waals surface area contributed by atoms with E-state index < -0.39 is 17.8 Å². The quantitative estimate of drug-likeness (QED) is 0.476. The van der Waals surface area contributed by atoms with Gasteiger partial charge < -0.3 is 14.8 Å². The smallest absolute Gasteiger partial charge is 0.416 e. The van der Waals surface area contributed by atoms with Crippen LogP contribution < -0.4 is 20.1 Å². The van der Waals surface area contributed by atoms with Gasteiger partial charge in [0.1, 0.15) is 6.04 Å². The van der Waals surface area contributed by atoms with Crippen molar-refractivity contribution in [3.05, 3.63) is 95.1 Å². The van der Waals surface area contributed by atoms with Crippen molar-refractivity contribution in [2.24, 2.45) is 0 Å². The first-order chi connectivity index (χ1) is 16.3. The maximum absolute atomic E-state index is 12.9. The molecule has 3 aromatic carbocycles. The summed E-state index contributed by atoms with van der Waals surface area (Å²) in [6.07, 6.45) is -3.31. The highest BCUT2D eigenvalue weighted by Crippen LogP contribution is 2.36. The number of ether oxygens (including phenoxy) is 2. The molecule has 0 aliphatic carbocycles. The number of hydrogen-bond donors (Lipinski definition) is 2. The van der Waals surface area contributed by atoms with E-state index in [2.05, 4.69) is 10.6 Å². The van der Waals surface area contributed by atoms with Crippen molar-refractivity contribution in [3.8, 4) is 11.5 Å². The predicted octanol–water partition coefficient (Wildman–Crippen LogP) is 5.18. The Morgan fingerprint density at radius 1 is 0.941 bits per heavy atom. The molecule has 0 fully saturated rings. The highest BCUT2D eigenvalue weighted by atomic mass is 19.4. The lowest BCUT2D eigenvalue weighted by atomic mass is 9.95. The molecule has 34 heavy (non-hydrogen) atoms. The molecule has 3 aromatic rings. The Hall–Kier alpha value is -3.52. The van der Waals surface area contributed by atoms with Crippen molar-refractivity contribution < 1.29 is 27.4 Å². The molecule has 0 saturated heterocycles. The first-order valence-corrected chi connectivity index (χ1v) is 10.9. The van der Waals surface area contributed by atoms with Crippen LogP contribution >= 0.6 is 0 Å². The number of hydrogen-bond acceptors (Lipinski definition) is 4. The van der Waals surface area contributed by atoms with Gasteiger partial charge in [-0.25, -0.2) is 0 Å². The Kier molecular flexibility index (Phi) is 7.07. The number of amides is 1. The first-order valence-electron chi connectivity index (χ1n) is 10.9. The number of fused-ring (bicyclic) bond motifs is 1. The van der Waals surface area contributed by atoms with E-state index in [0.29, 0.717) is 24.3 Å². The average molecular weight is 470 g/mol. The number of halogens is 3. The second-order valence-electron chi connectivity index (χ2n) is 8.02. The molecule has 178 valence electrons. The Balaban J connectivity index is 1.59. The van der Waals surface area contributed by atoms with Crippen LogP contribution in [0.5, 0.6) is 11.5 Å². The Labute approximate surface area is 195 Å². The van der Waals surface area contributed by atoms with Crippen LogP contribution in [0.3, 0.4) is 0 Å². The second-order valence-corrected chi connectivity index (χ2v) is 8.02. The van der Waals surface area contributed by atoms with Gasteiger partial charge in [-0.2, -0.15) is 13.2 Å². The molecule has 0 aromatic heterocycles. The molecule has 0 radical (unpaired) electrons. The van der Waals surface area contributed by atoms with Gasteiger partial charge in [-0.1, -0.05) is 48.5 Å². The van der Waals surface area contributed by atoms with Crippen LogP contribution in [0.15, 0.2) is 72.8 Å². The van der Waals surface area contributed by atoms with Crippen molar-refractivity contribution in [3.63, 3.8) is 0 Å². The van der Waals surface area contributed by atoms with Gasteiger partial charge in [0, 0.05) is 13.1 Å². The Morgan fingerprint density at radius 3 is 2.32 bits per heavy atom. The zero-order chi connectivity index (χ0) is 24.1. The highest BCUT2D eigenvalue weighted by molar-refractivity contribution is 5.83. The lowest BCUT2D eigenvalue weighted by molar-refractivity contribution is -0.137. The fraction of sp³-hybridized carbons (Fsp3) is 0.269. The normalized spacial score (nSPS) is 14.5. The molecule has 4 rings (SSSR count). The van der Waals surface area contributed by atoms with Crippen LogP contribution in [-0.2, 0) is 17.4 Å². The summed E-state index contributed by atoms with van der Waals surface area (Å²) in [6, 6.07) is 19.2. The number of alkyl halides is 3. The molecule has 0 saturated carbocycles. The van der Waals surface area contributed by atoms with E-state index in [1.54, 1.807) is 7.05 Å². The van der Waals surface area contributed by atoms with E-state index in [9.17, 15) is 18.0 Å².